The van der Waals surface area contributed by atoms with E-state index < -0.39 is 10.0 Å². The number of aromatic nitrogens is 2. The fourth-order valence-electron chi connectivity index (χ4n) is 3.54. The molecular weight excluding hydrogens is 408 g/mol. The molecule has 10 heteroatoms. The van der Waals surface area contributed by atoms with Gasteiger partial charge in [0, 0.05) is 32.2 Å². The molecule has 1 fully saturated rings. The lowest BCUT2D eigenvalue weighted by molar-refractivity contribution is 0.171. The molecule has 0 bridgehead atoms. The number of rotatable bonds is 4. The zero-order valence-electron chi connectivity index (χ0n) is 16.1. The van der Waals surface area contributed by atoms with Crippen LogP contribution in [0.2, 0.25) is 0 Å². The number of nitrogens with zero attached hydrogens (tertiary/aromatic N) is 4. The molecule has 3 aromatic rings. The predicted molar refractivity (Wildman–Crippen MR) is 108 cm³/mol. The van der Waals surface area contributed by atoms with Gasteiger partial charge in [0.05, 0.1) is 11.2 Å². The first-order chi connectivity index (χ1) is 14.6. The summed E-state index contributed by atoms with van der Waals surface area (Å²) in [7, 11) is -3.61. The van der Waals surface area contributed by atoms with Crippen LogP contribution in [0.3, 0.4) is 0 Å². The minimum Gasteiger partial charge on any atom is -0.486 e. The smallest absolute Gasteiger partial charge is 0.243 e. The standard InChI is InChI=1S/C20H20N4O5S/c25-30(26,15-3-5-18-19(14-15)29-13-12-28-18)24-9-7-23(8-10-24)20-6-4-16(21-22-20)17-2-1-11-27-17/h1-6,11,14H,7-10,12-13H2. The van der Waals surface area contributed by atoms with Gasteiger partial charge in [-0.3, -0.25) is 0 Å². The van der Waals surface area contributed by atoms with E-state index >= 15 is 0 Å². The molecule has 9 nitrogen and oxygen atoms in total. The Labute approximate surface area is 173 Å². The number of anilines is 1. The van der Waals surface area contributed by atoms with Crippen molar-refractivity contribution in [2.24, 2.45) is 0 Å². The first-order valence-corrected chi connectivity index (χ1v) is 11.1. The number of piperazine rings is 1. The zero-order valence-corrected chi connectivity index (χ0v) is 16.9. The van der Waals surface area contributed by atoms with Gasteiger partial charge in [0.15, 0.2) is 23.1 Å². The summed E-state index contributed by atoms with van der Waals surface area (Å²) in [6, 6.07) is 12.1. The number of ether oxygens (including phenoxy) is 2. The van der Waals surface area contributed by atoms with Crippen molar-refractivity contribution in [2.45, 2.75) is 4.90 Å². The second kappa shape index (κ2) is 7.62. The molecule has 2 aromatic heterocycles. The van der Waals surface area contributed by atoms with Crippen LogP contribution in [-0.2, 0) is 10.0 Å². The number of hydrogen-bond donors (Lipinski definition) is 0. The van der Waals surface area contributed by atoms with Crippen molar-refractivity contribution in [2.75, 3.05) is 44.3 Å². The van der Waals surface area contributed by atoms with Crippen LogP contribution in [-0.4, -0.2) is 62.3 Å². The number of fused-ring (bicyclic) bond motifs is 1. The molecular formula is C20H20N4O5S. The molecule has 4 heterocycles. The Morgan fingerprint density at radius 2 is 1.67 bits per heavy atom. The summed E-state index contributed by atoms with van der Waals surface area (Å²) in [6.45, 7) is 2.65. The Kier molecular flexibility index (Phi) is 4.80. The van der Waals surface area contributed by atoms with Crippen molar-refractivity contribution in [3.63, 3.8) is 0 Å². The molecule has 0 atom stereocenters. The van der Waals surface area contributed by atoms with Crippen molar-refractivity contribution in [1.29, 1.82) is 0 Å². The van der Waals surface area contributed by atoms with Gasteiger partial charge in [0.1, 0.15) is 18.9 Å². The van der Waals surface area contributed by atoms with Gasteiger partial charge in [-0.05, 0) is 36.4 Å². The normalized spacial score (nSPS) is 17.1. The largest absolute Gasteiger partial charge is 0.486 e. The summed E-state index contributed by atoms with van der Waals surface area (Å²) in [5.74, 6) is 2.40. The molecule has 0 radical (unpaired) electrons. The second-order valence-corrected chi connectivity index (χ2v) is 8.89. The maximum Gasteiger partial charge on any atom is 0.243 e. The average molecular weight is 428 g/mol. The van der Waals surface area contributed by atoms with Crippen LogP contribution in [0.25, 0.3) is 11.5 Å². The van der Waals surface area contributed by atoms with Gasteiger partial charge in [-0.1, -0.05) is 0 Å². The number of benzene rings is 1. The van der Waals surface area contributed by atoms with Crippen molar-refractivity contribution in [1.82, 2.24) is 14.5 Å². The number of sulfonamides is 1. The van der Waals surface area contributed by atoms with E-state index in [1.807, 2.05) is 23.1 Å². The molecule has 5 rings (SSSR count). The van der Waals surface area contributed by atoms with Crippen molar-refractivity contribution >= 4 is 15.8 Å². The van der Waals surface area contributed by atoms with E-state index in [-0.39, 0.29) is 4.90 Å². The quantitative estimate of drug-likeness (QED) is 0.623. The van der Waals surface area contributed by atoms with E-state index in [4.69, 9.17) is 13.9 Å². The van der Waals surface area contributed by atoms with Crippen molar-refractivity contribution < 1.29 is 22.3 Å². The molecule has 0 saturated carbocycles. The summed E-state index contributed by atoms with van der Waals surface area (Å²) in [6.07, 6.45) is 1.59. The van der Waals surface area contributed by atoms with Gasteiger partial charge >= 0.3 is 0 Å². The fourth-order valence-corrected chi connectivity index (χ4v) is 4.98. The SMILES string of the molecule is O=S(=O)(c1ccc2c(c1)OCCO2)N1CCN(c2ccc(-c3ccco3)nn2)CC1. The lowest BCUT2D eigenvalue weighted by Gasteiger charge is -2.34. The first kappa shape index (κ1) is 18.9. The maximum atomic E-state index is 13.1. The third-order valence-corrected chi connectivity index (χ3v) is 7.03. The van der Waals surface area contributed by atoms with Crippen LogP contribution in [0.1, 0.15) is 0 Å². The summed E-state index contributed by atoms with van der Waals surface area (Å²) >= 11 is 0. The van der Waals surface area contributed by atoms with E-state index in [2.05, 4.69) is 10.2 Å². The Balaban J connectivity index is 1.27. The van der Waals surface area contributed by atoms with Crippen molar-refractivity contribution in [3.8, 4) is 23.0 Å². The second-order valence-electron chi connectivity index (χ2n) is 6.95. The Morgan fingerprint density at radius 3 is 2.37 bits per heavy atom. The van der Waals surface area contributed by atoms with Crippen LogP contribution in [0.4, 0.5) is 5.82 Å². The Morgan fingerprint density at radius 1 is 0.867 bits per heavy atom. The van der Waals surface area contributed by atoms with Crippen LogP contribution < -0.4 is 14.4 Å². The summed E-state index contributed by atoms with van der Waals surface area (Å²) in [5, 5.41) is 8.48. The lowest BCUT2D eigenvalue weighted by atomic mass is 10.3. The molecule has 30 heavy (non-hydrogen) atoms. The molecule has 1 saturated heterocycles. The van der Waals surface area contributed by atoms with Gasteiger partial charge in [0.25, 0.3) is 0 Å². The molecule has 1 aromatic carbocycles. The van der Waals surface area contributed by atoms with Crippen LogP contribution in [0, 0.1) is 0 Å². The molecule has 0 spiro atoms. The first-order valence-electron chi connectivity index (χ1n) is 9.64. The molecule has 156 valence electrons. The highest BCUT2D eigenvalue weighted by Gasteiger charge is 2.30. The predicted octanol–water partition coefficient (Wildman–Crippen LogP) is 2.02. The number of hydrogen-bond acceptors (Lipinski definition) is 8. The lowest BCUT2D eigenvalue weighted by Crippen LogP contribution is -2.49. The monoisotopic (exact) mass is 428 g/mol. The van der Waals surface area contributed by atoms with Gasteiger partial charge in [-0.2, -0.15) is 4.31 Å². The van der Waals surface area contributed by atoms with Gasteiger partial charge in [0.2, 0.25) is 10.0 Å². The molecule has 2 aliphatic rings. The fraction of sp³-hybridized carbons (Fsp3) is 0.300. The minimum absolute atomic E-state index is 0.211. The van der Waals surface area contributed by atoms with Crippen LogP contribution in [0.15, 0.2) is 58.0 Å². The van der Waals surface area contributed by atoms with E-state index in [1.54, 1.807) is 24.5 Å². The van der Waals surface area contributed by atoms with E-state index in [0.29, 0.717) is 68.2 Å². The minimum atomic E-state index is -3.61. The summed E-state index contributed by atoms with van der Waals surface area (Å²) < 4.78 is 43.9. The van der Waals surface area contributed by atoms with E-state index in [1.165, 1.54) is 10.4 Å². The topological polar surface area (TPSA) is 98.0 Å². The van der Waals surface area contributed by atoms with Gasteiger partial charge < -0.3 is 18.8 Å². The maximum absolute atomic E-state index is 13.1. The molecule has 0 aliphatic carbocycles. The van der Waals surface area contributed by atoms with Crippen molar-refractivity contribution in [3.05, 3.63) is 48.7 Å². The van der Waals surface area contributed by atoms with E-state index in [9.17, 15) is 8.42 Å². The molecule has 0 N–H and O–H groups in total. The number of furan rings is 1. The van der Waals surface area contributed by atoms with Gasteiger partial charge in [-0.15, -0.1) is 10.2 Å². The van der Waals surface area contributed by atoms with Gasteiger partial charge in [-0.25, -0.2) is 8.42 Å². The third-order valence-electron chi connectivity index (χ3n) is 5.14. The highest BCUT2D eigenvalue weighted by molar-refractivity contribution is 7.89. The summed E-state index contributed by atoms with van der Waals surface area (Å²) in [5.41, 5.74) is 0.656. The molecule has 0 unspecified atom stereocenters. The molecule has 2 aliphatic heterocycles. The summed E-state index contributed by atoms with van der Waals surface area (Å²) in [4.78, 5) is 2.23. The highest BCUT2D eigenvalue weighted by Crippen LogP contribution is 2.33. The Bertz CT molecular complexity index is 1120. The zero-order chi connectivity index (χ0) is 20.6. The van der Waals surface area contributed by atoms with Crippen LogP contribution in [0.5, 0.6) is 11.5 Å². The third kappa shape index (κ3) is 3.48. The average Bonchev–Trinajstić information content (AvgIpc) is 3.34. The van der Waals surface area contributed by atoms with Crippen LogP contribution >= 0.6 is 0 Å². The Hall–Kier alpha value is -3.11. The van der Waals surface area contributed by atoms with E-state index in [0.717, 1.165) is 0 Å². The highest BCUT2D eigenvalue weighted by atomic mass is 32.2. The molecule has 0 amide bonds.